The molecule has 3 aromatic heterocycles. The highest BCUT2D eigenvalue weighted by Crippen LogP contribution is 2.24. The van der Waals surface area contributed by atoms with Crippen molar-refractivity contribution >= 4 is 17.0 Å². The number of anilines is 1. The Morgan fingerprint density at radius 1 is 1.10 bits per heavy atom. The molecule has 0 amide bonds. The SMILES string of the molecule is Cn1c(N2CCC(Cn3nc(C(C)(C)C)ccc3=O)CC2)nc2c(cnn2C)c1=O. The first-order valence-electron chi connectivity index (χ1n) is 10.4. The predicted octanol–water partition coefficient (Wildman–Crippen LogP) is 1.44. The third kappa shape index (κ3) is 3.64. The average Bonchev–Trinajstić information content (AvgIpc) is 3.07. The molecular weight excluding hydrogens is 382 g/mol. The minimum absolute atomic E-state index is 0.0591. The van der Waals surface area contributed by atoms with Gasteiger partial charge in [0.1, 0.15) is 5.39 Å². The van der Waals surface area contributed by atoms with E-state index in [2.05, 4.69) is 35.9 Å². The van der Waals surface area contributed by atoms with E-state index in [0.717, 1.165) is 31.6 Å². The van der Waals surface area contributed by atoms with Gasteiger partial charge < -0.3 is 4.90 Å². The van der Waals surface area contributed by atoms with E-state index in [1.54, 1.807) is 40.3 Å². The van der Waals surface area contributed by atoms with Crippen LogP contribution in [0.3, 0.4) is 0 Å². The van der Waals surface area contributed by atoms with Gasteiger partial charge in [-0.25, -0.2) is 4.68 Å². The molecule has 0 aliphatic carbocycles. The Morgan fingerprint density at radius 2 is 1.80 bits per heavy atom. The first-order valence-corrected chi connectivity index (χ1v) is 10.4. The zero-order valence-electron chi connectivity index (χ0n) is 18.3. The lowest BCUT2D eigenvalue weighted by Gasteiger charge is -2.33. The second-order valence-corrected chi connectivity index (χ2v) is 9.20. The van der Waals surface area contributed by atoms with Crippen molar-refractivity contribution in [1.29, 1.82) is 0 Å². The molecule has 1 aliphatic rings. The van der Waals surface area contributed by atoms with E-state index < -0.39 is 0 Å². The van der Waals surface area contributed by atoms with E-state index in [1.165, 1.54) is 0 Å². The molecule has 0 spiro atoms. The summed E-state index contributed by atoms with van der Waals surface area (Å²) in [6.45, 7) is 8.46. The third-order valence-electron chi connectivity index (χ3n) is 5.91. The maximum atomic E-state index is 12.7. The topological polar surface area (TPSA) is 90.8 Å². The summed E-state index contributed by atoms with van der Waals surface area (Å²) in [4.78, 5) is 31.8. The summed E-state index contributed by atoms with van der Waals surface area (Å²) < 4.78 is 4.84. The fourth-order valence-corrected chi connectivity index (χ4v) is 3.98. The molecular formula is C21H29N7O2. The summed E-state index contributed by atoms with van der Waals surface area (Å²) >= 11 is 0. The molecule has 9 heteroatoms. The molecule has 4 heterocycles. The van der Waals surface area contributed by atoms with Gasteiger partial charge in [-0.1, -0.05) is 20.8 Å². The molecule has 1 aliphatic heterocycles. The number of piperidine rings is 1. The monoisotopic (exact) mass is 411 g/mol. The average molecular weight is 412 g/mol. The van der Waals surface area contributed by atoms with E-state index in [4.69, 9.17) is 4.98 Å². The zero-order chi connectivity index (χ0) is 21.6. The van der Waals surface area contributed by atoms with Gasteiger partial charge in [0.2, 0.25) is 5.95 Å². The molecule has 1 fully saturated rings. The first-order chi connectivity index (χ1) is 14.1. The number of fused-ring (bicyclic) bond motifs is 1. The van der Waals surface area contributed by atoms with Crippen LogP contribution in [-0.2, 0) is 26.1 Å². The third-order valence-corrected chi connectivity index (χ3v) is 5.91. The number of aromatic nitrogens is 6. The van der Waals surface area contributed by atoms with Gasteiger partial charge in [0, 0.05) is 45.2 Å². The van der Waals surface area contributed by atoms with Crippen LogP contribution in [0, 0.1) is 5.92 Å². The molecule has 9 nitrogen and oxygen atoms in total. The van der Waals surface area contributed by atoms with E-state index in [-0.39, 0.29) is 16.5 Å². The van der Waals surface area contributed by atoms with Crippen LogP contribution in [0.5, 0.6) is 0 Å². The van der Waals surface area contributed by atoms with Gasteiger partial charge in [0.15, 0.2) is 5.65 Å². The quantitative estimate of drug-likeness (QED) is 0.648. The van der Waals surface area contributed by atoms with Crippen molar-refractivity contribution < 1.29 is 0 Å². The van der Waals surface area contributed by atoms with Gasteiger partial charge in [-0.2, -0.15) is 15.2 Å². The van der Waals surface area contributed by atoms with Crippen molar-refractivity contribution in [1.82, 2.24) is 29.1 Å². The minimum Gasteiger partial charge on any atom is -0.342 e. The van der Waals surface area contributed by atoms with Crippen molar-refractivity contribution in [2.24, 2.45) is 20.0 Å². The first kappa shape index (κ1) is 20.3. The molecule has 0 aromatic carbocycles. The molecule has 1 saturated heterocycles. The Hall–Kier alpha value is -2.97. The molecule has 30 heavy (non-hydrogen) atoms. The molecule has 0 unspecified atom stereocenters. The highest BCUT2D eigenvalue weighted by molar-refractivity contribution is 5.74. The maximum Gasteiger partial charge on any atom is 0.266 e. The summed E-state index contributed by atoms with van der Waals surface area (Å²) in [5.41, 5.74) is 1.28. The van der Waals surface area contributed by atoms with Crippen LogP contribution in [0.2, 0.25) is 0 Å². The summed E-state index contributed by atoms with van der Waals surface area (Å²) in [6, 6.07) is 3.44. The number of hydrogen-bond acceptors (Lipinski definition) is 6. The van der Waals surface area contributed by atoms with Crippen LogP contribution in [0.1, 0.15) is 39.3 Å². The second-order valence-electron chi connectivity index (χ2n) is 9.20. The van der Waals surface area contributed by atoms with Gasteiger partial charge in [-0.15, -0.1) is 0 Å². The highest BCUT2D eigenvalue weighted by atomic mass is 16.1. The molecule has 0 atom stereocenters. The molecule has 160 valence electrons. The van der Waals surface area contributed by atoms with Crippen molar-refractivity contribution in [3.8, 4) is 0 Å². The largest absolute Gasteiger partial charge is 0.342 e. The second kappa shape index (κ2) is 7.37. The van der Waals surface area contributed by atoms with Crippen molar-refractivity contribution in [3.63, 3.8) is 0 Å². The molecule has 4 rings (SSSR count). The Bertz CT molecular complexity index is 1190. The van der Waals surface area contributed by atoms with Crippen LogP contribution in [0.4, 0.5) is 5.95 Å². The van der Waals surface area contributed by atoms with Gasteiger partial charge in [-0.3, -0.25) is 18.8 Å². The highest BCUT2D eigenvalue weighted by Gasteiger charge is 2.25. The standard InChI is InChI=1S/C21H29N7O2/c1-21(2,3)16-6-7-17(29)28(24-16)13-14-8-10-27(11-9-14)20-23-18-15(12-22-26(18)5)19(30)25(20)4/h6-7,12,14H,8-11,13H2,1-5H3. The molecule has 0 radical (unpaired) electrons. The zero-order valence-corrected chi connectivity index (χ0v) is 18.3. The van der Waals surface area contributed by atoms with Crippen molar-refractivity contribution in [3.05, 3.63) is 44.7 Å². The van der Waals surface area contributed by atoms with Crippen molar-refractivity contribution in [2.45, 2.75) is 45.6 Å². The molecule has 0 saturated carbocycles. The fourth-order valence-electron chi connectivity index (χ4n) is 3.98. The number of nitrogens with zero attached hydrogens (tertiary/aromatic N) is 7. The molecule has 3 aromatic rings. The van der Waals surface area contributed by atoms with Gasteiger partial charge in [0.05, 0.1) is 11.9 Å². The Labute approximate surface area is 175 Å². The number of aryl methyl sites for hydroxylation is 1. The predicted molar refractivity (Wildman–Crippen MR) is 116 cm³/mol. The van der Waals surface area contributed by atoms with E-state index >= 15 is 0 Å². The van der Waals surface area contributed by atoms with Gasteiger partial charge in [-0.05, 0) is 24.8 Å². The summed E-state index contributed by atoms with van der Waals surface area (Å²) in [7, 11) is 3.55. The summed E-state index contributed by atoms with van der Waals surface area (Å²) in [6.07, 6.45) is 3.39. The lowest BCUT2D eigenvalue weighted by Crippen LogP contribution is -2.40. The Balaban J connectivity index is 1.51. The van der Waals surface area contributed by atoms with Crippen LogP contribution >= 0.6 is 0 Å². The van der Waals surface area contributed by atoms with E-state index in [0.29, 0.717) is 29.4 Å². The Kier molecular flexibility index (Phi) is 4.99. The van der Waals surface area contributed by atoms with Crippen molar-refractivity contribution in [2.75, 3.05) is 18.0 Å². The summed E-state index contributed by atoms with van der Waals surface area (Å²) in [5, 5.41) is 9.29. The lowest BCUT2D eigenvalue weighted by molar-refractivity contribution is 0.327. The number of hydrogen-bond donors (Lipinski definition) is 0. The molecule has 0 bridgehead atoms. The van der Waals surface area contributed by atoms with Gasteiger partial charge in [0.25, 0.3) is 11.1 Å². The van der Waals surface area contributed by atoms with E-state index in [9.17, 15) is 9.59 Å². The van der Waals surface area contributed by atoms with Gasteiger partial charge >= 0.3 is 0 Å². The molecule has 0 N–H and O–H groups in total. The maximum absolute atomic E-state index is 12.7. The smallest absolute Gasteiger partial charge is 0.266 e. The lowest BCUT2D eigenvalue weighted by atomic mass is 9.92. The van der Waals surface area contributed by atoms with E-state index in [1.807, 2.05) is 6.07 Å². The minimum atomic E-state index is -0.0975. The normalized spacial score (nSPS) is 15.8. The van der Waals surface area contributed by atoms with Crippen LogP contribution in [0.15, 0.2) is 27.9 Å². The van der Waals surface area contributed by atoms with Crippen LogP contribution < -0.4 is 16.0 Å². The van der Waals surface area contributed by atoms with Crippen LogP contribution in [-0.4, -0.2) is 42.2 Å². The van der Waals surface area contributed by atoms with Crippen LogP contribution in [0.25, 0.3) is 11.0 Å². The fraction of sp³-hybridized carbons (Fsp3) is 0.571. The Morgan fingerprint density at radius 3 is 2.47 bits per heavy atom. The summed E-state index contributed by atoms with van der Waals surface area (Å²) in [5.74, 6) is 1.03. The number of rotatable bonds is 3.